The lowest BCUT2D eigenvalue weighted by molar-refractivity contribution is 0.318. The van der Waals surface area contributed by atoms with Gasteiger partial charge in [-0.25, -0.2) is 8.42 Å². The first-order valence-corrected chi connectivity index (χ1v) is 8.35. The van der Waals surface area contributed by atoms with Gasteiger partial charge in [-0.2, -0.15) is 0 Å². The van der Waals surface area contributed by atoms with E-state index in [0.29, 0.717) is 12.1 Å². The van der Waals surface area contributed by atoms with Crippen molar-refractivity contribution >= 4 is 26.6 Å². The number of aryl methyl sites for hydroxylation is 1. The van der Waals surface area contributed by atoms with Crippen molar-refractivity contribution in [1.82, 2.24) is 4.57 Å². The number of nitrogens with two attached hydrogens (primary N) is 1. The minimum absolute atomic E-state index is 0.0273. The molecule has 7 heteroatoms. The van der Waals surface area contributed by atoms with Crippen molar-refractivity contribution < 1.29 is 13.6 Å². The van der Waals surface area contributed by atoms with Gasteiger partial charge in [-0.1, -0.05) is 17.3 Å². The van der Waals surface area contributed by atoms with Crippen molar-refractivity contribution in [2.75, 3.05) is 5.75 Å². The second-order valence-electron chi connectivity index (χ2n) is 5.18. The zero-order chi connectivity index (χ0) is 15.6. The molecule has 2 rings (SSSR count). The van der Waals surface area contributed by atoms with Gasteiger partial charge in [0.1, 0.15) is 0 Å². The number of aromatic nitrogens is 1. The molecule has 0 aliphatic heterocycles. The van der Waals surface area contributed by atoms with E-state index in [-0.39, 0.29) is 16.8 Å². The number of benzene rings is 1. The Labute approximate surface area is 123 Å². The predicted octanol–water partition coefficient (Wildman–Crippen LogP) is 1.56. The molecule has 1 heterocycles. The van der Waals surface area contributed by atoms with Crippen molar-refractivity contribution in [2.45, 2.75) is 25.6 Å². The third-order valence-electron chi connectivity index (χ3n) is 3.51. The number of fused-ring (bicyclic) bond motifs is 1. The van der Waals surface area contributed by atoms with Crippen molar-refractivity contribution in [1.29, 1.82) is 0 Å². The van der Waals surface area contributed by atoms with Crippen LogP contribution >= 0.6 is 0 Å². The number of oxime groups is 1. The Bertz CT molecular complexity index is 776. The molecule has 0 saturated heterocycles. The van der Waals surface area contributed by atoms with Crippen LogP contribution in [0.15, 0.2) is 35.6 Å². The maximum Gasteiger partial charge on any atom is 0.170 e. The summed E-state index contributed by atoms with van der Waals surface area (Å²) in [5.74, 6) is 0.113. The molecule has 1 aromatic heterocycles. The zero-order valence-electron chi connectivity index (χ0n) is 12.0. The molecule has 3 N–H and O–H groups in total. The summed E-state index contributed by atoms with van der Waals surface area (Å²) in [5, 5.41) is 12.3. The van der Waals surface area contributed by atoms with Gasteiger partial charge in [-0.3, -0.25) is 0 Å². The van der Waals surface area contributed by atoms with E-state index in [1.54, 1.807) is 26.0 Å². The molecule has 0 amide bonds. The van der Waals surface area contributed by atoms with Gasteiger partial charge < -0.3 is 15.5 Å². The number of hydrogen-bond acceptors (Lipinski definition) is 4. The highest BCUT2D eigenvalue weighted by Crippen LogP contribution is 2.18. The number of amidine groups is 1. The highest BCUT2D eigenvalue weighted by molar-refractivity contribution is 7.91. The summed E-state index contributed by atoms with van der Waals surface area (Å²) >= 11 is 0. The number of sulfone groups is 1. The SMILES string of the molecule is CC(C)S(=O)(=O)CCn1ccc2ccc(/C(N)=N/O)cc21. The average molecular weight is 309 g/mol. The second kappa shape index (κ2) is 5.77. The van der Waals surface area contributed by atoms with E-state index in [0.717, 1.165) is 10.9 Å². The van der Waals surface area contributed by atoms with E-state index in [9.17, 15) is 8.42 Å². The molecule has 0 spiro atoms. The highest BCUT2D eigenvalue weighted by atomic mass is 32.2. The number of nitrogens with zero attached hydrogens (tertiary/aromatic N) is 2. The van der Waals surface area contributed by atoms with Gasteiger partial charge in [0.05, 0.1) is 11.0 Å². The molecule has 21 heavy (non-hydrogen) atoms. The van der Waals surface area contributed by atoms with Crippen LogP contribution < -0.4 is 5.73 Å². The first-order chi connectivity index (χ1) is 9.85. The molecule has 0 aliphatic carbocycles. The van der Waals surface area contributed by atoms with Crippen molar-refractivity contribution in [3.63, 3.8) is 0 Å². The summed E-state index contributed by atoms with van der Waals surface area (Å²) < 4.78 is 25.7. The van der Waals surface area contributed by atoms with E-state index in [4.69, 9.17) is 10.9 Å². The second-order valence-corrected chi connectivity index (χ2v) is 7.86. The minimum atomic E-state index is -3.08. The van der Waals surface area contributed by atoms with Crippen molar-refractivity contribution in [2.24, 2.45) is 10.9 Å². The maximum atomic E-state index is 11.9. The third-order valence-corrected chi connectivity index (χ3v) is 5.70. The fourth-order valence-electron chi connectivity index (χ4n) is 2.06. The first-order valence-electron chi connectivity index (χ1n) is 6.63. The predicted molar refractivity (Wildman–Crippen MR) is 83.4 cm³/mol. The van der Waals surface area contributed by atoms with E-state index >= 15 is 0 Å². The van der Waals surface area contributed by atoms with E-state index < -0.39 is 9.84 Å². The lowest BCUT2D eigenvalue weighted by Crippen LogP contribution is -2.21. The van der Waals surface area contributed by atoms with Crippen molar-refractivity contribution in [3.8, 4) is 0 Å². The topological polar surface area (TPSA) is 97.7 Å². The van der Waals surface area contributed by atoms with Gasteiger partial charge in [0, 0.05) is 23.8 Å². The molecule has 1 aromatic carbocycles. The van der Waals surface area contributed by atoms with Crippen LogP contribution in [0.25, 0.3) is 10.9 Å². The molecule has 0 fully saturated rings. The van der Waals surface area contributed by atoms with Gasteiger partial charge in [-0.15, -0.1) is 0 Å². The summed E-state index contributed by atoms with van der Waals surface area (Å²) in [5.41, 5.74) is 7.04. The van der Waals surface area contributed by atoms with Crippen LogP contribution in [-0.4, -0.2) is 35.0 Å². The smallest absolute Gasteiger partial charge is 0.170 e. The summed E-state index contributed by atoms with van der Waals surface area (Å²) in [6.07, 6.45) is 1.84. The van der Waals surface area contributed by atoms with E-state index in [2.05, 4.69) is 5.16 Å². The van der Waals surface area contributed by atoms with Crippen molar-refractivity contribution in [3.05, 3.63) is 36.0 Å². The molecule has 0 unspecified atom stereocenters. The molecule has 2 aromatic rings. The Balaban J connectivity index is 2.33. The molecule has 0 radical (unpaired) electrons. The largest absolute Gasteiger partial charge is 0.409 e. The Morgan fingerprint density at radius 1 is 1.38 bits per heavy atom. The molecule has 0 bridgehead atoms. The van der Waals surface area contributed by atoms with Gasteiger partial charge in [0.2, 0.25) is 0 Å². The van der Waals surface area contributed by atoms with Crippen LogP contribution in [0.4, 0.5) is 0 Å². The summed E-state index contributed by atoms with van der Waals surface area (Å²) in [4.78, 5) is 0. The molecule has 0 aliphatic rings. The number of rotatable bonds is 5. The van der Waals surface area contributed by atoms with Gasteiger partial charge in [-0.05, 0) is 31.4 Å². The maximum absolute atomic E-state index is 11.9. The lowest BCUT2D eigenvalue weighted by Gasteiger charge is -2.10. The quantitative estimate of drug-likeness (QED) is 0.379. The first kappa shape index (κ1) is 15.4. The molecular formula is C14H19N3O3S. The number of hydrogen-bond donors (Lipinski definition) is 2. The van der Waals surface area contributed by atoms with Crippen LogP contribution in [0.3, 0.4) is 0 Å². The van der Waals surface area contributed by atoms with Crippen LogP contribution in [0.5, 0.6) is 0 Å². The highest BCUT2D eigenvalue weighted by Gasteiger charge is 2.16. The Hall–Kier alpha value is -2.02. The summed E-state index contributed by atoms with van der Waals surface area (Å²) in [7, 11) is -3.08. The fourth-order valence-corrected chi connectivity index (χ4v) is 2.98. The minimum Gasteiger partial charge on any atom is -0.409 e. The molecule has 0 atom stereocenters. The van der Waals surface area contributed by atoms with Gasteiger partial charge in [0.15, 0.2) is 15.7 Å². The summed E-state index contributed by atoms with van der Waals surface area (Å²) in [6, 6.07) is 7.31. The van der Waals surface area contributed by atoms with Crippen LogP contribution in [0.2, 0.25) is 0 Å². The lowest BCUT2D eigenvalue weighted by atomic mass is 10.1. The van der Waals surface area contributed by atoms with E-state index in [1.165, 1.54) is 0 Å². The molecule has 114 valence electrons. The zero-order valence-corrected chi connectivity index (χ0v) is 12.8. The molecule has 0 saturated carbocycles. The summed E-state index contributed by atoms with van der Waals surface area (Å²) in [6.45, 7) is 3.74. The monoisotopic (exact) mass is 309 g/mol. The average Bonchev–Trinajstić information content (AvgIpc) is 2.86. The normalized spacial score (nSPS) is 13.2. The Kier molecular flexibility index (Phi) is 4.22. The Morgan fingerprint density at radius 2 is 2.10 bits per heavy atom. The standard InChI is InChI=1S/C14H19N3O3S/c1-10(2)21(19,20)8-7-17-6-5-11-3-4-12(9-13(11)17)14(15)16-18/h3-6,9-10,18H,7-8H2,1-2H3,(H2,15,16). The molecular weight excluding hydrogens is 290 g/mol. The van der Waals surface area contributed by atoms with Gasteiger partial charge in [0.25, 0.3) is 0 Å². The van der Waals surface area contributed by atoms with Crippen LogP contribution in [0.1, 0.15) is 19.4 Å². The van der Waals surface area contributed by atoms with E-state index in [1.807, 2.05) is 22.9 Å². The van der Waals surface area contributed by atoms with Crippen LogP contribution in [0, 0.1) is 0 Å². The molecule has 6 nitrogen and oxygen atoms in total. The third kappa shape index (κ3) is 3.18. The Morgan fingerprint density at radius 3 is 2.71 bits per heavy atom. The van der Waals surface area contributed by atoms with Crippen LogP contribution in [-0.2, 0) is 16.4 Å². The van der Waals surface area contributed by atoms with Gasteiger partial charge >= 0.3 is 0 Å². The fraction of sp³-hybridized carbons (Fsp3) is 0.357.